The van der Waals surface area contributed by atoms with Crippen LogP contribution in [-0.4, -0.2) is 43.3 Å². The van der Waals surface area contributed by atoms with Crippen LogP contribution in [0.3, 0.4) is 0 Å². The highest BCUT2D eigenvalue weighted by molar-refractivity contribution is 5.76. The Morgan fingerprint density at radius 2 is 2.29 bits per heavy atom. The highest BCUT2D eigenvalue weighted by Crippen LogP contribution is 2.27. The van der Waals surface area contributed by atoms with Gasteiger partial charge in [0, 0.05) is 19.6 Å². The van der Waals surface area contributed by atoms with E-state index in [4.69, 9.17) is 13.9 Å². The highest BCUT2D eigenvalue weighted by atomic mass is 16.5. The van der Waals surface area contributed by atoms with Gasteiger partial charge in [-0.3, -0.25) is 4.79 Å². The molecule has 1 amide bonds. The number of morpholine rings is 1. The first-order valence-corrected chi connectivity index (χ1v) is 7.79. The highest BCUT2D eigenvalue weighted by Gasteiger charge is 2.31. The molecule has 2 fully saturated rings. The number of rotatable bonds is 4. The van der Waals surface area contributed by atoms with Crippen molar-refractivity contribution in [3.63, 3.8) is 0 Å². The van der Waals surface area contributed by atoms with E-state index in [-0.39, 0.29) is 18.1 Å². The van der Waals surface area contributed by atoms with E-state index in [9.17, 15) is 4.79 Å². The number of aryl methyl sites for hydroxylation is 1. The zero-order chi connectivity index (χ0) is 14.7. The van der Waals surface area contributed by atoms with Crippen LogP contribution in [0.15, 0.2) is 16.5 Å². The fourth-order valence-corrected chi connectivity index (χ4v) is 3.07. The quantitative estimate of drug-likeness (QED) is 0.855. The molecule has 0 radical (unpaired) electrons. The summed E-state index contributed by atoms with van der Waals surface area (Å²) in [5.41, 5.74) is 0. The number of furan rings is 1. The number of carbonyl (C=O) groups excluding carboxylic acids is 1. The fourth-order valence-electron chi connectivity index (χ4n) is 3.07. The van der Waals surface area contributed by atoms with E-state index in [1.54, 1.807) is 0 Å². The maximum Gasteiger partial charge on any atom is 0.223 e. The second-order valence-electron chi connectivity index (χ2n) is 5.80. The van der Waals surface area contributed by atoms with Gasteiger partial charge < -0.3 is 18.8 Å². The summed E-state index contributed by atoms with van der Waals surface area (Å²) in [6.45, 7) is 4.50. The standard InChI is InChI=1S/C16H23NO4/c1-12-4-6-15(21-12)14-11-19-10-8-17(14)16(18)7-5-13-3-2-9-20-13/h4,6,13-14H,2-3,5,7-11H2,1H3. The minimum Gasteiger partial charge on any atom is -0.464 e. The van der Waals surface area contributed by atoms with Crippen LogP contribution in [0.2, 0.25) is 0 Å². The summed E-state index contributed by atoms with van der Waals surface area (Å²) < 4.78 is 16.8. The molecule has 2 aliphatic heterocycles. The van der Waals surface area contributed by atoms with Crippen LogP contribution in [0.25, 0.3) is 0 Å². The molecule has 2 unspecified atom stereocenters. The van der Waals surface area contributed by atoms with Crippen molar-refractivity contribution in [2.75, 3.05) is 26.4 Å². The number of nitrogens with zero attached hydrogens (tertiary/aromatic N) is 1. The summed E-state index contributed by atoms with van der Waals surface area (Å²) >= 11 is 0. The minimum absolute atomic E-state index is 0.0931. The zero-order valence-corrected chi connectivity index (χ0v) is 12.5. The van der Waals surface area contributed by atoms with E-state index >= 15 is 0 Å². The third-order valence-corrected chi connectivity index (χ3v) is 4.24. The molecular formula is C16H23NO4. The van der Waals surface area contributed by atoms with Crippen LogP contribution >= 0.6 is 0 Å². The predicted octanol–water partition coefficient (Wildman–Crippen LogP) is 2.45. The second kappa shape index (κ2) is 6.62. The Kier molecular flexibility index (Phi) is 4.60. The molecule has 0 N–H and O–H groups in total. The van der Waals surface area contributed by atoms with Gasteiger partial charge >= 0.3 is 0 Å². The first-order valence-electron chi connectivity index (χ1n) is 7.79. The molecule has 3 rings (SSSR count). The van der Waals surface area contributed by atoms with Gasteiger partial charge in [0.25, 0.3) is 0 Å². The summed E-state index contributed by atoms with van der Waals surface area (Å²) in [4.78, 5) is 14.4. The average molecular weight is 293 g/mol. The molecule has 5 heteroatoms. The maximum absolute atomic E-state index is 12.5. The fraction of sp³-hybridized carbons (Fsp3) is 0.688. The van der Waals surface area contributed by atoms with Crippen LogP contribution in [0, 0.1) is 6.92 Å². The van der Waals surface area contributed by atoms with Crippen molar-refractivity contribution in [1.82, 2.24) is 4.90 Å². The number of hydrogen-bond acceptors (Lipinski definition) is 4. The van der Waals surface area contributed by atoms with Gasteiger partial charge in [-0.1, -0.05) is 0 Å². The van der Waals surface area contributed by atoms with Gasteiger partial charge in [0.05, 0.1) is 19.3 Å². The molecule has 0 aromatic carbocycles. The molecule has 21 heavy (non-hydrogen) atoms. The van der Waals surface area contributed by atoms with Crippen LogP contribution in [-0.2, 0) is 14.3 Å². The summed E-state index contributed by atoms with van der Waals surface area (Å²) in [5, 5.41) is 0. The number of carbonyl (C=O) groups is 1. The largest absolute Gasteiger partial charge is 0.464 e. The Hall–Kier alpha value is -1.33. The molecule has 0 bridgehead atoms. The van der Waals surface area contributed by atoms with Crippen molar-refractivity contribution in [3.05, 3.63) is 23.7 Å². The van der Waals surface area contributed by atoms with Gasteiger partial charge in [0.2, 0.25) is 5.91 Å². The molecule has 2 saturated heterocycles. The van der Waals surface area contributed by atoms with E-state index < -0.39 is 0 Å². The first kappa shape index (κ1) is 14.6. The normalized spacial score (nSPS) is 26.2. The lowest BCUT2D eigenvalue weighted by molar-refractivity contribution is -0.141. The Balaban J connectivity index is 1.61. The van der Waals surface area contributed by atoms with Gasteiger partial charge in [0.1, 0.15) is 17.6 Å². The molecule has 0 spiro atoms. The summed E-state index contributed by atoms with van der Waals surface area (Å²) in [6.07, 6.45) is 3.82. The van der Waals surface area contributed by atoms with Crippen LogP contribution in [0.4, 0.5) is 0 Å². The number of amides is 1. The molecule has 2 atom stereocenters. The second-order valence-corrected chi connectivity index (χ2v) is 5.80. The summed E-state index contributed by atoms with van der Waals surface area (Å²) in [6, 6.07) is 3.78. The lowest BCUT2D eigenvalue weighted by atomic mass is 10.1. The van der Waals surface area contributed by atoms with Gasteiger partial charge in [-0.2, -0.15) is 0 Å². The smallest absolute Gasteiger partial charge is 0.223 e. The van der Waals surface area contributed by atoms with E-state index in [2.05, 4.69) is 0 Å². The average Bonchev–Trinajstić information content (AvgIpc) is 3.16. The van der Waals surface area contributed by atoms with E-state index in [0.29, 0.717) is 26.2 Å². The molecule has 1 aromatic heterocycles. The van der Waals surface area contributed by atoms with Gasteiger partial charge in [-0.15, -0.1) is 0 Å². The molecule has 116 valence electrons. The third-order valence-electron chi connectivity index (χ3n) is 4.24. The van der Waals surface area contributed by atoms with Crippen molar-refractivity contribution < 1.29 is 18.7 Å². The van der Waals surface area contributed by atoms with Gasteiger partial charge in [0.15, 0.2) is 0 Å². The predicted molar refractivity (Wildman–Crippen MR) is 76.9 cm³/mol. The maximum atomic E-state index is 12.5. The minimum atomic E-state index is -0.0931. The van der Waals surface area contributed by atoms with Gasteiger partial charge in [-0.25, -0.2) is 0 Å². The van der Waals surface area contributed by atoms with E-state index in [0.717, 1.165) is 37.4 Å². The van der Waals surface area contributed by atoms with E-state index in [1.165, 1.54) is 0 Å². The molecule has 5 nitrogen and oxygen atoms in total. The molecule has 1 aromatic rings. The molecule has 3 heterocycles. The third kappa shape index (κ3) is 3.47. The Morgan fingerprint density at radius 1 is 1.38 bits per heavy atom. The van der Waals surface area contributed by atoms with Crippen LogP contribution in [0.1, 0.15) is 43.2 Å². The number of hydrogen-bond donors (Lipinski definition) is 0. The van der Waals surface area contributed by atoms with Crippen molar-refractivity contribution >= 4 is 5.91 Å². The van der Waals surface area contributed by atoms with Crippen molar-refractivity contribution in [2.45, 2.75) is 44.8 Å². The van der Waals surface area contributed by atoms with Crippen LogP contribution in [0.5, 0.6) is 0 Å². The van der Waals surface area contributed by atoms with Crippen molar-refractivity contribution in [2.24, 2.45) is 0 Å². The Bertz CT molecular complexity index is 478. The first-order chi connectivity index (χ1) is 10.2. The molecule has 2 aliphatic rings. The monoisotopic (exact) mass is 293 g/mol. The molecular weight excluding hydrogens is 270 g/mol. The topological polar surface area (TPSA) is 51.9 Å². The molecule has 0 saturated carbocycles. The molecule has 0 aliphatic carbocycles. The van der Waals surface area contributed by atoms with Crippen LogP contribution < -0.4 is 0 Å². The van der Waals surface area contributed by atoms with Gasteiger partial charge in [-0.05, 0) is 38.3 Å². The lowest BCUT2D eigenvalue weighted by Gasteiger charge is -2.34. The lowest BCUT2D eigenvalue weighted by Crippen LogP contribution is -2.43. The van der Waals surface area contributed by atoms with E-state index in [1.807, 2.05) is 24.0 Å². The zero-order valence-electron chi connectivity index (χ0n) is 12.5. The Morgan fingerprint density at radius 3 is 3.00 bits per heavy atom. The van der Waals surface area contributed by atoms with Crippen molar-refractivity contribution in [3.8, 4) is 0 Å². The SMILES string of the molecule is Cc1ccc(C2COCCN2C(=O)CCC2CCCO2)o1. The summed E-state index contributed by atoms with van der Waals surface area (Å²) in [5.74, 6) is 1.85. The van der Waals surface area contributed by atoms with Crippen molar-refractivity contribution in [1.29, 1.82) is 0 Å². The Labute approximate surface area is 125 Å². The number of ether oxygens (including phenoxy) is 2. The summed E-state index contributed by atoms with van der Waals surface area (Å²) in [7, 11) is 0.